The van der Waals surface area contributed by atoms with Crippen LogP contribution in [0.1, 0.15) is 21.5 Å². The van der Waals surface area contributed by atoms with Crippen molar-refractivity contribution in [1.82, 2.24) is 10.2 Å². The summed E-state index contributed by atoms with van der Waals surface area (Å²) in [5, 5.41) is 11.9. The van der Waals surface area contributed by atoms with Crippen LogP contribution in [0.3, 0.4) is 0 Å². The number of rotatable bonds is 6. The van der Waals surface area contributed by atoms with Gasteiger partial charge < -0.3 is 0 Å². The largest absolute Gasteiger partial charge is 0.296 e. The molecule has 0 radical (unpaired) electrons. The molecule has 0 unspecified atom stereocenters. The number of hydrogen-bond acceptors (Lipinski definition) is 6. The Kier molecular flexibility index (Phi) is 6.02. The summed E-state index contributed by atoms with van der Waals surface area (Å²) in [7, 11) is -3.76. The normalized spacial score (nSPS) is 11.2. The van der Waals surface area contributed by atoms with Crippen LogP contribution in [0.4, 0.5) is 10.8 Å². The van der Waals surface area contributed by atoms with E-state index in [9.17, 15) is 13.2 Å². The van der Waals surface area contributed by atoms with Gasteiger partial charge in [0, 0.05) is 16.8 Å². The number of nitrogens with one attached hydrogen (secondary N) is 2. The summed E-state index contributed by atoms with van der Waals surface area (Å²) < 4.78 is 27.7. The zero-order valence-electron chi connectivity index (χ0n) is 17.4. The van der Waals surface area contributed by atoms with Crippen LogP contribution >= 0.6 is 11.3 Å². The molecule has 0 aliphatic carbocycles. The third kappa shape index (κ3) is 5.01. The van der Waals surface area contributed by atoms with E-state index in [4.69, 9.17) is 0 Å². The molecule has 2 N–H and O–H groups in total. The van der Waals surface area contributed by atoms with Crippen LogP contribution in [0, 0.1) is 13.8 Å². The number of nitrogens with zero attached hydrogens (tertiary/aromatic N) is 2. The quantitative estimate of drug-likeness (QED) is 0.424. The number of aryl methyl sites for hydroxylation is 2. The van der Waals surface area contributed by atoms with Crippen LogP contribution in [0.15, 0.2) is 77.7 Å². The van der Waals surface area contributed by atoms with Gasteiger partial charge in [0.2, 0.25) is 5.13 Å². The zero-order valence-corrected chi connectivity index (χ0v) is 19.0. The van der Waals surface area contributed by atoms with Gasteiger partial charge in [-0.1, -0.05) is 64.9 Å². The van der Waals surface area contributed by atoms with Gasteiger partial charge in [0.1, 0.15) is 5.01 Å². The maximum atomic E-state index is 12.7. The van der Waals surface area contributed by atoms with Gasteiger partial charge in [-0.15, -0.1) is 10.2 Å². The summed E-state index contributed by atoms with van der Waals surface area (Å²) in [6.45, 7) is 3.89. The van der Waals surface area contributed by atoms with Crippen LogP contribution in [0.25, 0.3) is 10.6 Å². The van der Waals surface area contributed by atoms with Gasteiger partial charge in [0.05, 0.1) is 4.90 Å². The molecule has 1 heterocycles. The van der Waals surface area contributed by atoms with Crippen LogP contribution < -0.4 is 10.0 Å². The van der Waals surface area contributed by atoms with Crippen molar-refractivity contribution in [2.24, 2.45) is 0 Å². The van der Waals surface area contributed by atoms with E-state index in [1.165, 1.54) is 29.5 Å². The molecule has 0 spiro atoms. The molecule has 0 aliphatic rings. The highest BCUT2D eigenvalue weighted by Crippen LogP contribution is 2.27. The SMILES string of the molecule is Cc1ccc(-c2nnc(NC(=O)c3cccc(NS(=O)(=O)c4ccc(C)cc4)c3)s2)cc1. The summed E-state index contributed by atoms with van der Waals surface area (Å²) in [5.74, 6) is -0.409. The van der Waals surface area contributed by atoms with Crippen LogP contribution in [0.5, 0.6) is 0 Å². The van der Waals surface area contributed by atoms with Crippen molar-refractivity contribution in [3.63, 3.8) is 0 Å². The van der Waals surface area contributed by atoms with Crippen molar-refractivity contribution < 1.29 is 13.2 Å². The van der Waals surface area contributed by atoms with Crippen molar-refractivity contribution in [1.29, 1.82) is 0 Å². The summed E-state index contributed by atoms with van der Waals surface area (Å²) in [6.07, 6.45) is 0. The first-order chi connectivity index (χ1) is 15.3. The lowest BCUT2D eigenvalue weighted by atomic mass is 10.2. The molecule has 3 aromatic carbocycles. The average molecular weight is 465 g/mol. The monoisotopic (exact) mass is 464 g/mol. The molecule has 0 fully saturated rings. The van der Waals surface area contributed by atoms with Gasteiger partial charge >= 0.3 is 0 Å². The van der Waals surface area contributed by atoms with Gasteiger partial charge in [-0.2, -0.15) is 0 Å². The number of anilines is 2. The average Bonchev–Trinajstić information content (AvgIpc) is 3.23. The summed E-state index contributed by atoms with van der Waals surface area (Å²) in [6, 6.07) is 20.7. The van der Waals surface area contributed by atoms with Crippen LogP contribution in [0.2, 0.25) is 0 Å². The molecular formula is C23H20N4O3S2. The van der Waals surface area contributed by atoms with Crippen LogP contribution in [-0.2, 0) is 10.0 Å². The Morgan fingerprint density at radius 1 is 0.875 bits per heavy atom. The first kappa shape index (κ1) is 21.7. The van der Waals surface area contributed by atoms with E-state index in [1.807, 2.05) is 38.1 Å². The molecule has 9 heteroatoms. The minimum atomic E-state index is -3.76. The minimum absolute atomic E-state index is 0.149. The van der Waals surface area contributed by atoms with Crippen molar-refractivity contribution >= 4 is 38.1 Å². The van der Waals surface area contributed by atoms with Gasteiger partial charge in [-0.05, 0) is 44.2 Å². The second-order valence-electron chi connectivity index (χ2n) is 7.23. The lowest BCUT2D eigenvalue weighted by Gasteiger charge is -2.09. The molecule has 4 rings (SSSR count). The summed E-state index contributed by atoms with van der Waals surface area (Å²) >= 11 is 1.26. The van der Waals surface area contributed by atoms with Gasteiger partial charge in [0.25, 0.3) is 15.9 Å². The van der Waals surface area contributed by atoms with E-state index in [-0.39, 0.29) is 10.6 Å². The lowest BCUT2D eigenvalue weighted by molar-refractivity contribution is 0.102. The highest BCUT2D eigenvalue weighted by atomic mass is 32.2. The van der Waals surface area contributed by atoms with Crippen molar-refractivity contribution in [2.45, 2.75) is 18.7 Å². The molecule has 0 saturated carbocycles. The predicted molar refractivity (Wildman–Crippen MR) is 126 cm³/mol. The molecule has 7 nitrogen and oxygen atoms in total. The summed E-state index contributed by atoms with van der Waals surface area (Å²) in [5.41, 5.74) is 3.60. The molecule has 4 aromatic rings. The van der Waals surface area contributed by atoms with E-state index in [0.717, 1.165) is 16.7 Å². The highest BCUT2D eigenvalue weighted by molar-refractivity contribution is 7.92. The van der Waals surface area contributed by atoms with Gasteiger partial charge in [0.15, 0.2) is 0 Å². The standard InChI is InChI=1S/C23H20N4O3S2/c1-15-6-10-17(11-7-15)22-25-26-23(31-22)24-21(28)18-4-3-5-19(14-18)27-32(29,30)20-12-8-16(2)9-13-20/h3-14,27H,1-2H3,(H,24,26,28). The van der Waals surface area contributed by atoms with Crippen molar-refractivity contribution in [2.75, 3.05) is 10.0 Å². The Bertz CT molecular complexity index is 1360. The molecule has 0 bridgehead atoms. The second-order valence-corrected chi connectivity index (χ2v) is 9.89. The summed E-state index contributed by atoms with van der Waals surface area (Å²) in [4.78, 5) is 12.8. The molecule has 32 heavy (non-hydrogen) atoms. The molecule has 0 atom stereocenters. The van der Waals surface area contributed by atoms with E-state index < -0.39 is 15.9 Å². The first-order valence-corrected chi connectivity index (χ1v) is 12.0. The maximum Gasteiger partial charge on any atom is 0.261 e. The van der Waals surface area contributed by atoms with Gasteiger partial charge in [-0.25, -0.2) is 8.42 Å². The third-order valence-electron chi connectivity index (χ3n) is 4.65. The second kappa shape index (κ2) is 8.89. The molecule has 1 aromatic heterocycles. The molecular weight excluding hydrogens is 444 g/mol. The Hall–Kier alpha value is -3.56. The van der Waals surface area contributed by atoms with Crippen molar-refractivity contribution in [3.05, 3.63) is 89.5 Å². The zero-order chi connectivity index (χ0) is 22.7. The van der Waals surface area contributed by atoms with Crippen LogP contribution in [-0.4, -0.2) is 24.5 Å². The molecule has 1 amide bonds. The fourth-order valence-electron chi connectivity index (χ4n) is 2.91. The molecule has 0 saturated heterocycles. The van der Waals surface area contributed by atoms with Gasteiger partial charge in [-0.3, -0.25) is 14.8 Å². The topological polar surface area (TPSA) is 101 Å². The smallest absolute Gasteiger partial charge is 0.261 e. The Labute approximate surface area is 190 Å². The first-order valence-electron chi connectivity index (χ1n) is 9.72. The number of carbonyl (C=O) groups excluding carboxylic acids is 1. The third-order valence-corrected chi connectivity index (χ3v) is 6.94. The number of benzene rings is 3. The van der Waals surface area contributed by atoms with E-state index in [1.54, 1.807) is 30.3 Å². The number of hydrogen-bond donors (Lipinski definition) is 2. The molecule has 162 valence electrons. The predicted octanol–water partition coefficient (Wildman–Crippen LogP) is 4.88. The Morgan fingerprint density at radius 3 is 2.22 bits per heavy atom. The minimum Gasteiger partial charge on any atom is -0.296 e. The van der Waals surface area contributed by atoms with Crippen molar-refractivity contribution in [3.8, 4) is 10.6 Å². The lowest BCUT2D eigenvalue weighted by Crippen LogP contribution is -2.15. The van der Waals surface area contributed by atoms with E-state index >= 15 is 0 Å². The highest BCUT2D eigenvalue weighted by Gasteiger charge is 2.16. The number of sulfonamides is 1. The fourth-order valence-corrected chi connectivity index (χ4v) is 4.70. The van der Waals surface area contributed by atoms with E-state index in [0.29, 0.717) is 15.7 Å². The number of amides is 1. The Balaban J connectivity index is 1.48. The fraction of sp³-hybridized carbons (Fsp3) is 0.0870. The maximum absolute atomic E-state index is 12.7. The Morgan fingerprint density at radius 2 is 1.53 bits per heavy atom. The number of carbonyl (C=O) groups is 1. The molecule has 0 aliphatic heterocycles. The van der Waals surface area contributed by atoms with E-state index in [2.05, 4.69) is 20.2 Å². The number of aromatic nitrogens is 2.